The number of hydrogen-bond acceptors (Lipinski definition) is 2. The number of anilines is 1. The zero-order valence-corrected chi connectivity index (χ0v) is 11.0. The number of nitrogens with one attached hydrogen (secondary N) is 1. The molecule has 0 spiro atoms. The van der Waals surface area contributed by atoms with Crippen LogP contribution in [0.25, 0.3) is 0 Å². The molecule has 0 unspecified atom stereocenters. The molecule has 1 aliphatic carbocycles. The Bertz CT molecular complexity index is 338. The third-order valence-corrected chi connectivity index (χ3v) is 3.37. The monoisotopic (exact) mass is 233 g/mol. The van der Waals surface area contributed by atoms with Gasteiger partial charge in [0.05, 0.1) is 5.69 Å². The first kappa shape index (κ1) is 12.3. The Morgan fingerprint density at radius 2 is 1.71 bits per heavy atom. The summed E-state index contributed by atoms with van der Waals surface area (Å²) in [6.07, 6.45) is 6.51. The van der Waals surface area contributed by atoms with Crippen LogP contribution in [0.2, 0.25) is 0 Å². The molecule has 0 saturated carbocycles. The number of fused-ring (bicyclic) bond motifs is 2. The zero-order valence-electron chi connectivity index (χ0n) is 11.0. The molecular formula is C15H23NO. The lowest BCUT2D eigenvalue weighted by Crippen LogP contribution is -2.18. The van der Waals surface area contributed by atoms with Crippen LogP contribution in [0.4, 0.5) is 5.69 Å². The molecule has 3 rings (SSSR count). The fourth-order valence-electron chi connectivity index (χ4n) is 2.54. The maximum atomic E-state index is 5.67. The second kappa shape index (κ2) is 5.95. The van der Waals surface area contributed by atoms with Crippen molar-refractivity contribution in [3.8, 4) is 5.75 Å². The van der Waals surface area contributed by atoms with Gasteiger partial charge in [-0.2, -0.15) is 0 Å². The predicted octanol–water partition coefficient (Wildman–Crippen LogP) is 3.79. The fraction of sp³-hybridized carbons (Fsp3) is 0.600. The number of aryl methyl sites for hydroxylation is 2. The minimum absolute atomic E-state index is 0.797. The van der Waals surface area contributed by atoms with E-state index in [1.165, 1.54) is 48.9 Å². The van der Waals surface area contributed by atoms with E-state index in [-0.39, 0.29) is 0 Å². The normalized spacial score (nSPS) is 17.3. The van der Waals surface area contributed by atoms with Gasteiger partial charge in [-0.1, -0.05) is 20.3 Å². The molecule has 2 aliphatic rings. The molecule has 0 saturated heterocycles. The van der Waals surface area contributed by atoms with Crippen molar-refractivity contribution in [1.82, 2.24) is 0 Å². The van der Waals surface area contributed by atoms with Crippen LogP contribution in [0.1, 0.15) is 44.2 Å². The average molecular weight is 233 g/mol. The van der Waals surface area contributed by atoms with Crippen molar-refractivity contribution in [3.05, 3.63) is 23.3 Å². The summed E-state index contributed by atoms with van der Waals surface area (Å²) in [5, 5.41) is 3.41. The molecule has 0 atom stereocenters. The highest BCUT2D eigenvalue weighted by Crippen LogP contribution is 2.33. The van der Waals surface area contributed by atoms with E-state index in [4.69, 9.17) is 4.74 Å². The Kier molecular flexibility index (Phi) is 4.29. The van der Waals surface area contributed by atoms with Gasteiger partial charge in [0.15, 0.2) is 0 Å². The average Bonchev–Trinajstić information content (AvgIpc) is 2.63. The first-order valence-corrected chi connectivity index (χ1v) is 6.96. The van der Waals surface area contributed by atoms with Crippen LogP contribution in [0.5, 0.6) is 5.75 Å². The van der Waals surface area contributed by atoms with Gasteiger partial charge in [-0.15, -0.1) is 0 Å². The maximum absolute atomic E-state index is 5.67. The largest absolute Gasteiger partial charge is 0.490 e. The molecule has 0 radical (unpaired) electrons. The summed E-state index contributed by atoms with van der Waals surface area (Å²) in [5.41, 5.74) is 4.24. The topological polar surface area (TPSA) is 21.3 Å². The van der Waals surface area contributed by atoms with Crippen molar-refractivity contribution in [2.75, 3.05) is 18.5 Å². The fourth-order valence-corrected chi connectivity index (χ4v) is 2.54. The summed E-state index contributed by atoms with van der Waals surface area (Å²) in [6, 6.07) is 4.55. The van der Waals surface area contributed by atoms with Crippen LogP contribution >= 0.6 is 0 Å². The summed E-state index contributed by atoms with van der Waals surface area (Å²) >= 11 is 0. The lowest BCUT2D eigenvalue weighted by molar-refractivity contribution is 0.323. The Morgan fingerprint density at radius 3 is 2.47 bits per heavy atom. The molecule has 1 heterocycles. The first-order valence-electron chi connectivity index (χ1n) is 6.96. The first-order chi connectivity index (χ1) is 8.43. The van der Waals surface area contributed by atoms with Gasteiger partial charge in [0.25, 0.3) is 0 Å². The van der Waals surface area contributed by atoms with Crippen LogP contribution in [-0.4, -0.2) is 13.2 Å². The molecule has 2 heteroatoms. The third kappa shape index (κ3) is 2.74. The number of rotatable bonds is 0. The van der Waals surface area contributed by atoms with Gasteiger partial charge < -0.3 is 10.1 Å². The molecule has 17 heavy (non-hydrogen) atoms. The van der Waals surface area contributed by atoms with E-state index in [0.717, 1.165) is 18.9 Å². The van der Waals surface area contributed by atoms with Crippen LogP contribution in [0.15, 0.2) is 12.1 Å². The van der Waals surface area contributed by atoms with Crippen molar-refractivity contribution in [1.29, 1.82) is 0 Å². The molecule has 94 valence electrons. The third-order valence-electron chi connectivity index (χ3n) is 3.37. The lowest BCUT2D eigenvalue weighted by Gasteiger charge is -2.21. The summed E-state index contributed by atoms with van der Waals surface area (Å²) in [7, 11) is 0. The maximum Gasteiger partial charge on any atom is 0.142 e. The molecule has 0 amide bonds. The predicted molar refractivity (Wildman–Crippen MR) is 73.0 cm³/mol. The highest BCUT2D eigenvalue weighted by molar-refractivity contribution is 5.61. The van der Waals surface area contributed by atoms with E-state index in [2.05, 4.69) is 17.4 Å². The number of ether oxygens (including phenoxy) is 1. The summed E-state index contributed by atoms with van der Waals surface area (Å²) < 4.78 is 5.67. The van der Waals surface area contributed by atoms with Gasteiger partial charge in [0.2, 0.25) is 0 Å². The molecule has 1 aliphatic heterocycles. The standard InChI is InChI=1S/C13H17NO.C2H6/c1-2-4-10-8-12-13(15-7-6-14-12)9-11(10)5-3-1;1-2/h8-9,14H,1-7H2;1-2H3. The lowest BCUT2D eigenvalue weighted by atomic mass is 10.0. The second-order valence-electron chi connectivity index (χ2n) is 4.45. The van der Waals surface area contributed by atoms with Gasteiger partial charge in [0, 0.05) is 6.54 Å². The summed E-state index contributed by atoms with van der Waals surface area (Å²) in [6.45, 7) is 5.73. The number of benzene rings is 1. The van der Waals surface area contributed by atoms with Gasteiger partial charge in [0.1, 0.15) is 12.4 Å². The van der Waals surface area contributed by atoms with Crippen molar-refractivity contribution in [3.63, 3.8) is 0 Å². The van der Waals surface area contributed by atoms with E-state index < -0.39 is 0 Å². The van der Waals surface area contributed by atoms with Crippen molar-refractivity contribution in [2.24, 2.45) is 0 Å². The van der Waals surface area contributed by atoms with Gasteiger partial charge in [-0.25, -0.2) is 0 Å². The summed E-state index contributed by atoms with van der Waals surface area (Å²) in [5.74, 6) is 1.06. The van der Waals surface area contributed by atoms with E-state index >= 15 is 0 Å². The van der Waals surface area contributed by atoms with Crippen molar-refractivity contribution >= 4 is 5.69 Å². The molecular weight excluding hydrogens is 210 g/mol. The van der Waals surface area contributed by atoms with Crippen LogP contribution < -0.4 is 10.1 Å². The molecule has 1 aromatic rings. The molecule has 1 aromatic carbocycles. The van der Waals surface area contributed by atoms with E-state index in [1.807, 2.05) is 13.8 Å². The van der Waals surface area contributed by atoms with E-state index in [9.17, 15) is 0 Å². The Balaban J connectivity index is 0.000000514. The Morgan fingerprint density at radius 1 is 1.00 bits per heavy atom. The van der Waals surface area contributed by atoms with Crippen LogP contribution in [0.3, 0.4) is 0 Å². The minimum atomic E-state index is 0.797. The van der Waals surface area contributed by atoms with Gasteiger partial charge in [-0.05, 0) is 48.9 Å². The van der Waals surface area contributed by atoms with Crippen LogP contribution in [0, 0.1) is 0 Å². The van der Waals surface area contributed by atoms with Crippen molar-refractivity contribution < 1.29 is 4.74 Å². The van der Waals surface area contributed by atoms with Gasteiger partial charge >= 0.3 is 0 Å². The van der Waals surface area contributed by atoms with Crippen LogP contribution in [-0.2, 0) is 12.8 Å². The second-order valence-corrected chi connectivity index (χ2v) is 4.45. The highest BCUT2D eigenvalue weighted by Gasteiger charge is 2.15. The van der Waals surface area contributed by atoms with Gasteiger partial charge in [-0.3, -0.25) is 0 Å². The molecule has 0 bridgehead atoms. The quantitative estimate of drug-likeness (QED) is 0.688. The molecule has 1 N–H and O–H groups in total. The molecule has 0 aromatic heterocycles. The Hall–Kier alpha value is -1.18. The minimum Gasteiger partial charge on any atom is -0.490 e. The Labute approximate surface area is 104 Å². The zero-order chi connectivity index (χ0) is 12.1. The van der Waals surface area contributed by atoms with E-state index in [0.29, 0.717) is 0 Å². The number of hydrogen-bond donors (Lipinski definition) is 1. The van der Waals surface area contributed by atoms with Crippen molar-refractivity contribution in [2.45, 2.75) is 46.0 Å². The summed E-state index contributed by atoms with van der Waals surface area (Å²) in [4.78, 5) is 0. The SMILES string of the molecule is CC.c1c2c(cc3c1NCCO3)CCCCC2. The van der Waals surface area contributed by atoms with E-state index in [1.54, 1.807) is 0 Å². The smallest absolute Gasteiger partial charge is 0.142 e. The molecule has 2 nitrogen and oxygen atoms in total. The highest BCUT2D eigenvalue weighted by atomic mass is 16.5. The molecule has 0 fully saturated rings.